The maximum absolute atomic E-state index is 15.1. The summed E-state index contributed by atoms with van der Waals surface area (Å²) < 4.78 is 94.2. The number of amides is 2. The Labute approximate surface area is 392 Å². The molecule has 1 saturated heterocycles. The van der Waals surface area contributed by atoms with Crippen LogP contribution in [0.3, 0.4) is 0 Å². The first-order chi connectivity index (χ1) is 32.6. The molecule has 6 aromatic carbocycles. The third-order valence-corrected chi connectivity index (χ3v) is 14.0. The van der Waals surface area contributed by atoms with E-state index >= 15 is 4.79 Å². The number of halogens is 4. The molecule has 0 unspecified atom stereocenters. The van der Waals surface area contributed by atoms with E-state index in [0.717, 1.165) is 41.8 Å². The first-order valence-corrected chi connectivity index (χ1v) is 23.6. The van der Waals surface area contributed by atoms with Crippen LogP contribution in [-0.4, -0.2) is 94.6 Å². The van der Waals surface area contributed by atoms with E-state index in [-0.39, 0.29) is 58.3 Å². The van der Waals surface area contributed by atoms with Gasteiger partial charge in [-0.1, -0.05) is 97.1 Å². The first kappa shape index (κ1) is 47.6. The molecule has 0 radical (unpaired) electrons. The lowest BCUT2D eigenvalue weighted by molar-refractivity contribution is -0.171. The summed E-state index contributed by atoms with van der Waals surface area (Å²) in [7, 11) is 1.28. The SMILES string of the molecule is CN(C)CCCN(C)c1ccc(C(=O)Nc2nn(C(c3ccccc3)(c3ccccc3)c3ccccc3)c3ccc(S(=O)(=O)c4cccc(F)c4)cc23)c(N(C(=O)C(F)(F)F)C2CCOCC2)c1. The van der Waals surface area contributed by atoms with Gasteiger partial charge in [-0.05, 0) is 111 Å². The summed E-state index contributed by atoms with van der Waals surface area (Å²) in [6.45, 7) is 1.47. The van der Waals surface area contributed by atoms with Crippen molar-refractivity contribution in [1.29, 1.82) is 0 Å². The topological polar surface area (TPSA) is 117 Å². The minimum absolute atomic E-state index is 0.0872. The molecule has 1 aliphatic heterocycles. The molecule has 16 heteroatoms. The van der Waals surface area contributed by atoms with Gasteiger partial charge >= 0.3 is 12.1 Å². The van der Waals surface area contributed by atoms with Gasteiger partial charge in [0.15, 0.2) is 5.82 Å². The average Bonchev–Trinajstić information content (AvgIpc) is 3.69. The van der Waals surface area contributed by atoms with Gasteiger partial charge in [0, 0.05) is 43.9 Å². The van der Waals surface area contributed by atoms with E-state index in [0.29, 0.717) is 22.6 Å². The molecule has 8 rings (SSSR count). The first-order valence-electron chi connectivity index (χ1n) is 22.1. The smallest absolute Gasteiger partial charge is 0.381 e. The summed E-state index contributed by atoms with van der Waals surface area (Å²) in [5.74, 6) is -3.94. The Kier molecular flexibility index (Phi) is 13.8. The zero-order chi connectivity index (χ0) is 48.2. The van der Waals surface area contributed by atoms with E-state index in [1.807, 2.05) is 115 Å². The number of nitrogens with one attached hydrogen (secondary N) is 1. The summed E-state index contributed by atoms with van der Waals surface area (Å²) in [5.41, 5.74) is 1.29. The van der Waals surface area contributed by atoms with Crippen molar-refractivity contribution in [2.75, 3.05) is 62.6 Å². The van der Waals surface area contributed by atoms with Crippen LogP contribution in [-0.2, 0) is 24.9 Å². The normalized spacial score (nSPS) is 13.7. The fourth-order valence-corrected chi connectivity index (χ4v) is 10.2. The second kappa shape index (κ2) is 19.8. The summed E-state index contributed by atoms with van der Waals surface area (Å²) in [4.78, 5) is 32.7. The summed E-state index contributed by atoms with van der Waals surface area (Å²) in [6.07, 6.45) is -4.41. The molecule has 11 nitrogen and oxygen atoms in total. The van der Waals surface area contributed by atoms with Crippen molar-refractivity contribution in [3.8, 4) is 0 Å². The predicted octanol–water partition coefficient (Wildman–Crippen LogP) is 9.56. The van der Waals surface area contributed by atoms with Crippen molar-refractivity contribution in [3.63, 3.8) is 0 Å². The van der Waals surface area contributed by atoms with E-state index in [4.69, 9.17) is 9.84 Å². The number of hydrogen-bond donors (Lipinski definition) is 1. The Morgan fingerprint density at radius 1 is 0.735 bits per heavy atom. The number of sulfone groups is 1. The third kappa shape index (κ3) is 9.48. The molecule has 68 heavy (non-hydrogen) atoms. The highest BCUT2D eigenvalue weighted by Gasteiger charge is 2.47. The van der Waals surface area contributed by atoms with Gasteiger partial charge in [-0.3, -0.25) is 9.59 Å². The molecule has 1 aromatic heterocycles. The third-order valence-electron chi connectivity index (χ3n) is 12.2. The van der Waals surface area contributed by atoms with Gasteiger partial charge in [-0.25, -0.2) is 17.5 Å². The second-order valence-corrected chi connectivity index (χ2v) is 18.9. The zero-order valence-corrected chi connectivity index (χ0v) is 38.5. The summed E-state index contributed by atoms with van der Waals surface area (Å²) >= 11 is 0. The van der Waals surface area contributed by atoms with Crippen molar-refractivity contribution < 1.29 is 40.3 Å². The Morgan fingerprint density at radius 2 is 1.32 bits per heavy atom. The van der Waals surface area contributed by atoms with Gasteiger partial charge in [-0.2, -0.15) is 18.3 Å². The standard InChI is InChI=1S/C52H50F4N6O5S/c1-59(2)29-14-30-60(3)41-23-25-44(47(34-41)61(50(64)52(54,55)56)40-27-31-67-32-28-40)49(63)57-48-45-35-43(68(65,66)42-22-13-21-39(53)33-42)24-26-46(45)62(58-48)51(36-15-7-4-8-16-36,37-17-9-5-10-18-37)38-19-11-6-12-20-38/h4-13,15-26,33-35,40H,14,27-32H2,1-3H3,(H,57,58,63). The Hall–Kier alpha value is -6.88. The molecule has 2 heterocycles. The fraction of sp³-hybridized carbons (Fsp3) is 0.250. The molecule has 1 aliphatic rings. The lowest BCUT2D eigenvalue weighted by Crippen LogP contribution is -2.50. The fourth-order valence-electron chi connectivity index (χ4n) is 8.92. The van der Waals surface area contributed by atoms with E-state index in [9.17, 15) is 30.8 Å². The van der Waals surface area contributed by atoms with Crippen molar-refractivity contribution in [3.05, 3.63) is 180 Å². The van der Waals surface area contributed by atoms with Crippen LogP contribution in [0.5, 0.6) is 0 Å². The lowest BCUT2D eigenvalue weighted by Gasteiger charge is -2.37. The molecule has 0 atom stereocenters. The van der Waals surface area contributed by atoms with E-state index in [1.165, 1.54) is 36.4 Å². The van der Waals surface area contributed by atoms with Crippen LogP contribution in [0, 0.1) is 5.82 Å². The molecule has 0 spiro atoms. The minimum atomic E-state index is -5.30. The molecule has 0 bridgehead atoms. The van der Waals surface area contributed by atoms with Crippen molar-refractivity contribution >= 4 is 49.7 Å². The molecule has 352 valence electrons. The molecule has 2 amide bonds. The van der Waals surface area contributed by atoms with Gasteiger partial charge in [-0.15, -0.1) is 0 Å². The van der Waals surface area contributed by atoms with Crippen LogP contribution in [0.25, 0.3) is 10.9 Å². The van der Waals surface area contributed by atoms with Crippen molar-refractivity contribution in [1.82, 2.24) is 14.7 Å². The summed E-state index contributed by atoms with van der Waals surface area (Å²) in [5, 5.41) is 8.15. The number of anilines is 3. The Morgan fingerprint density at radius 3 is 1.88 bits per heavy atom. The van der Waals surface area contributed by atoms with Crippen LogP contribution in [0.4, 0.5) is 34.8 Å². The number of nitrogens with zero attached hydrogens (tertiary/aromatic N) is 5. The predicted molar refractivity (Wildman–Crippen MR) is 254 cm³/mol. The number of ether oxygens (including phenoxy) is 1. The highest BCUT2D eigenvalue weighted by atomic mass is 32.2. The van der Waals surface area contributed by atoms with Gasteiger partial charge in [0.1, 0.15) is 11.4 Å². The van der Waals surface area contributed by atoms with Crippen LogP contribution in [0.15, 0.2) is 161 Å². The zero-order valence-electron chi connectivity index (χ0n) is 37.7. The molecule has 0 saturated carbocycles. The van der Waals surface area contributed by atoms with Crippen LogP contribution < -0.4 is 15.1 Å². The van der Waals surface area contributed by atoms with Crippen LogP contribution in [0.1, 0.15) is 46.3 Å². The highest BCUT2D eigenvalue weighted by Crippen LogP contribution is 2.44. The molecular formula is C52H50F4N6O5S. The number of rotatable bonds is 15. The Bertz CT molecular complexity index is 2920. The van der Waals surface area contributed by atoms with Crippen LogP contribution in [0.2, 0.25) is 0 Å². The van der Waals surface area contributed by atoms with E-state index < -0.39 is 45.2 Å². The monoisotopic (exact) mass is 946 g/mol. The molecular weight excluding hydrogens is 897 g/mol. The molecule has 1 fully saturated rings. The quantitative estimate of drug-likeness (QED) is 0.0799. The highest BCUT2D eigenvalue weighted by molar-refractivity contribution is 7.91. The largest absolute Gasteiger partial charge is 0.471 e. The van der Waals surface area contributed by atoms with Crippen molar-refractivity contribution in [2.24, 2.45) is 0 Å². The number of hydrogen-bond acceptors (Lipinski definition) is 8. The number of benzene rings is 6. The number of alkyl halides is 3. The lowest BCUT2D eigenvalue weighted by atomic mass is 9.77. The van der Waals surface area contributed by atoms with Gasteiger partial charge in [0.25, 0.3) is 5.91 Å². The van der Waals surface area contributed by atoms with Crippen molar-refractivity contribution in [2.45, 2.75) is 46.8 Å². The number of fused-ring (bicyclic) bond motifs is 1. The number of carbonyl (C=O) groups excluding carboxylic acids is 2. The molecule has 0 aliphatic carbocycles. The second-order valence-electron chi connectivity index (χ2n) is 17.0. The summed E-state index contributed by atoms with van der Waals surface area (Å²) in [6, 6.07) is 40.9. The number of carbonyl (C=O) groups is 2. The Balaban J connectivity index is 1.36. The van der Waals surface area contributed by atoms with Crippen LogP contribution >= 0.6 is 0 Å². The molecule has 1 N–H and O–H groups in total. The van der Waals surface area contributed by atoms with Gasteiger partial charge in [0.2, 0.25) is 9.84 Å². The van der Waals surface area contributed by atoms with Gasteiger partial charge in [0.05, 0.1) is 26.6 Å². The van der Waals surface area contributed by atoms with Gasteiger partial charge < -0.3 is 24.8 Å². The molecule has 7 aromatic rings. The van der Waals surface area contributed by atoms with E-state index in [1.54, 1.807) is 23.9 Å². The minimum Gasteiger partial charge on any atom is -0.381 e. The maximum Gasteiger partial charge on any atom is 0.471 e. The number of aromatic nitrogens is 2. The maximum atomic E-state index is 15.1. The average molecular weight is 947 g/mol. The van der Waals surface area contributed by atoms with E-state index in [2.05, 4.69) is 5.32 Å².